The molecule has 1 aromatic heterocycles. The summed E-state index contributed by atoms with van der Waals surface area (Å²) in [6.07, 6.45) is -2.68. The second-order valence-corrected chi connectivity index (χ2v) is 4.72. The Morgan fingerprint density at radius 1 is 1.10 bits per heavy atom. The van der Waals surface area contributed by atoms with E-state index in [1.54, 1.807) is 19.2 Å². The number of alkyl halides is 3. The van der Waals surface area contributed by atoms with Crippen LogP contribution in [-0.2, 0) is 6.18 Å². The Morgan fingerprint density at radius 2 is 1.80 bits per heavy atom. The molecule has 20 heavy (non-hydrogen) atoms. The minimum Gasteiger partial charge on any atom is -0.320 e. The van der Waals surface area contributed by atoms with Crippen LogP contribution in [0.5, 0.6) is 0 Å². The molecule has 0 amide bonds. The maximum atomic E-state index is 12.6. The zero-order valence-corrected chi connectivity index (χ0v) is 11.2. The second kappa shape index (κ2) is 5.25. The van der Waals surface area contributed by atoms with E-state index in [9.17, 15) is 13.2 Å². The Bertz CT molecular complexity index is 621. The van der Waals surface area contributed by atoms with Gasteiger partial charge in [0.2, 0.25) is 0 Å². The number of aromatic nitrogens is 1. The number of pyridine rings is 1. The van der Waals surface area contributed by atoms with Crippen molar-refractivity contribution in [3.63, 3.8) is 0 Å². The van der Waals surface area contributed by atoms with Gasteiger partial charge in [-0.1, -0.05) is 12.1 Å². The van der Waals surface area contributed by atoms with E-state index in [1.807, 2.05) is 13.0 Å². The van der Waals surface area contributed by atoms with Crippen LogP contribution in [0.25, 0.3) is 0 Å². The first-order valence-corrected chi connectivity index (χ1v) is 6.15. The SMILES string of the molecule is Cc1cc(C(F)(F)F)ccc1C(N)c1cccnc1C. The molecule has 106 valence electrons. The third kappa shape index (κ3) is 2.82. The molecule has 0 saturated heterocycles. The van der Waals surface area contributed by atoms with Crippen molar-refractivity contribution >= 4 is 0 Å². The van der Waals surface area contributed by atoms with Crippen LogP contribution in [0.3, 0.4) is 0 Å². The topological polar surface area (TPSA) is 38.9 Å². The summed E-state index contributed by atoms with van der Waals surface area (Å²) in [6.45, 7) is 3.46. The number of hydrogen-bond acceptors (Lipinski definition) is 2. The van der Waals surface area contributed by atoms with Gasteiger partial charge in [-0.25, -0.2) is 0 Å². The van der Waals surface area contributed by atoms with Crippen LogP contribution in [-0.4, -0.2) is 4.98 Å². The van der Waals surface area contributed by atoms with Crippen LogP contribution >= 0.6 is 0 Å². The summed E-state index contributed by atoms with van der Waals surface area (Å²) in [7, 11) is 0. The molecular formula is C15H15F3N2. The fourth-order valence-electron chi connectivity index (χ4n) is 2.19. The number of halogens is 3. The first-order chi connectivity index (χ1) is 9.30. The van der Waals surface area contributed by atoms with Crippen molar-refractivity contribution in [2.45, 2.75) is 26.1 Å². The lowest BCUT2D eigenvalue weighted by molar-refractivity contribution is -0.137. The van der Waals surface area contributed by atoms with Crippen LogP contribution in [0.2, 0.25) is 0 Å². The third-order valence-corrected chi connectivity index (χ3v) is 3.32. The quantitative estimate of drug-likeness (QED) is 0.909. The maximum Gasteiger partial charge on any atom is 0.416 e. The lowest BCUT2D eigenvalue weighted by Crippen LogP contribution is -2.16. The standard InChI is InChI=1S/C15H15F3N2/c1-9-8-11(15(16,17)18)5-6-12(9)14(19)13-4-3-7-20-10(13)2/h3-8,14H,19H2,1-2H3. The Balaban J connectivity index is 2.42. The van der Waals surface area contributed by atoms with Gasteiger partial charge in [-0.05, 0) is 48.7 Å². The highest BCUT2D eigenvalue weighted by Gasteiger charge is 2.31. The highest BCUT2D eigenvalue weighted by molar-refractivity contribution is 5.40. The van der Waals surface area contributed by atoms with E-state index in [-0.39, 0.29) is 0 Å². The van der Waals surface area contributed by atoms with Gasteiger partial charge in [-0.2, -0.15) is 13.2 Å². The molecule has 0 radical (unpaired) electrons. The molecule has 0 bridgehead atoms. The summed E-state index contributed by atoms with van der Waals surface area (Å²) in [4.78, 5) is 4.15. The van der Waals surface area contributed by atoms with Gasteiger partial charge in [0.05, 0.1) is 11.6 Å². The van der Waals surface area contributed by atoms with E-state index < -0.39 is 17.8 Å². The molecular weight excluding hydrogens is 265 g/mol. The summed E-state index contributed by atoms with van der Waals surface area (Å²) in [5, 5.41) is 0. The van der Waals surface area contributed by atoms with Crippen molar-refractivity contribution in [2.24, 2.45) is 5.73 Å². The first-order valence-electron chi connectivity index (χ1n) is 6.15. The molecule has 2 rings (SSSR count). The molecule has 2 nitrogen and oxygen atoms in total. The molecule has 1 atom stereocenters. The van der Waals surface area contributed by atoms with E-state index in [4.69, 9.17) is 5.73 Å². The molecule has 0 aliphatic carbocycles. The minimum atomic E-state index is -4.34. The van der Waals surface area contributed by atoms with Crippen molar-refractivity contribution in [3.05, 3.63) is 64.5 Å². The van der Waals surface area contributed by atoms with Crippen molar-refractivity contribution in [1.82, 2.24) is 4.98 Å². The summed E-state index contributed by atoms with van der Waals surface area (Å²) in [5.74, 6) is 0. The molecule has 2 N–H and O–H groups in total. The summed E-state index contributed by atoms with van der Waals surface area (Å²) >= 11 is 0. The number of nitrogens with zero attached hydrogens (tertiary/aromatic N) is 1. The Hall–Kier alpha value is -1.88. The molecule has 0 aliphatic rings. The zero-order chi connectivity index (χ0) is 14.9. The van der Waals surface area contributed by atoms with E-state index in [1.165, 1.54) is 6.07 Å². The average Bonchev–Trinajstić information content (AvgIpc) is 2.37. The minimum absolute atomic E-state index is 0.481. The molecule has 1 heterocycles. The first kappa shape index (κ1) is 14.5. The average molecular weight is 280 g/mol. The second-order valence-electron chi connectivity index (χ2n) is 4.72. The van der Waals surface area contributed by atoms with E-state index >= 15 is 0 Å². The van der Waals surface area contributed by atoms with Gasteiger partial charge in [-0.15, -0.1) is 0 Å². The molecule has 5 heteroatoms. The number of benzene rings is 1. The van der Waals surface area contributed by atoms with Crippen molar-refractivity contribution in [2.75, 3.05) is 0 Å². The number of hydrogen-bond donors (Lipinski definition) is 1. The Kier molecular flexibility index (Phi) is 3.81. The van der Waals surface area contributed by atoms with Crippen molar-refractivity contribution < 1.29 is 13.2 Å². The smallest absolute Gasteiger partial charge is 0.320 e. The van der Waals surface area contributed by atoms with Crippen molar-refractivity contribution in [1.29, 1.82) is 0 Å². The fraction of sp³-hybridized carbons (Fsp3) is 0.267. The lowest BCUT2D eigenvalue weighted by atomic mass is 9.93. The van der Waals surface area contributed by atoms with E-state index in [0.717, 1.165) is 23.4 Å². The van der Waals surface area contributed by atoms with Gasteiger partial charge in [0.15, 0.2) is 0 Å². The van der Waals surface area contributed by atoms with Crippen molar-refractivity contribution in [3.8, 4) is 0 Å². The molecule has 1 aromatic carbocycles. The highest BCUT2D eigenvalue weighted by atomic mass is 19.4. The van der Waals surface area contributed by atoms with Gasteiger partial charge in [0.1, 0.15) is 0 Å². The Labute approximate surface area is 115 Å². The molecule has 0 fully saturated rings. The van der Waals surface area contributed by atoms with Gasteiger partial charge >= 0.3 is 6.18 Å². The summed E-state index contributed by atoms with van der Waals surface area (Å²) in [6, 6.07) is 6.75. The molecule has 0 spiro atoms. The van der Waals surface area contributed by atoms with Crippen LogP contribution in [0.1, 0.15) is 34.0 Å². The summed E-state index contributed by atoms with van der Waals surface area (Å²) in [5.41, 5.74) is 8.29. The van der Waals surface area contributed by atoms with Crippen LogP contribution in [0.4, 0.5) is 13.2 Å². The normalized spacial score (nSPS) is 13.3. The lowest BCUT2D eigenvalue weighted by Gasteiger charge is -2.18. The molecule has 0 saturated carbocycles. The monoisotopic (exact) mass is 280 g/mol. The van der Waals surface area contributed by atoms with Crippen LogP contribution in [0.15, 0.2) is 36.5 Å². The fourth-order valence-corrected chi connectivity index (χ4v) is 2.19. The van der Waals surface area contributed by atoms with E-state index in [2.05, 4.69) is 4.98 Å². The Morgan fingerprint density at radius 3 is 2.35 bits per heavy atom. The van der Waals surface area contributed by atoms with Gasteiger partial charge < -0.3 is 5.73 Å². The number of nitrogens with two attached hydrogens (primary N) is 1. The number of aryl methyl sites for hydroxylation is 2. The number of rotatable bonds is 2. The highest BCUT2D eigenvalue weighted by Crippen LogP contribution is 2.32. The third-order valence-electron chi connectivity index (χ3n) is 3.32. The predicted molar refractivity (Wildman–Crippen MR) is 71.2 cm³/mol. The predicted octanol–water partition coefficient (Wildman–Crippen LogP) is 3.77. The van der Waals surface area contributed by atoms with Crippen LogP contribution in [0, 0.1) is 13.8 Å². The van der Waals surface area contributed by atoms with Gasteiger partial charge in [0, 0.05) is 11.9 Å². The molecule has 2 aromatic rings. The zero-order valence-electron chi connectivity index (χ0n) is 11.2. The molecule has 1 unspecified atom stereocenters. The molecule has 0 aliphatic heterocycles. The van der Waals surface area contributed by atoms with E-state index in [0.29, 0.717) is 11.1 Å². The largest absolute Gasteiger partial charge is 0.416 e. The van der Waals surface area contributed by atoms with Gasteiger partial charge in [-0.3, -0.25) is 4.98 Å². The van der Waals surface area contributed by atoms with Crippen LogP contribution < -0.4 is 5.73 Å². The summed E-state index contributed by atoms with van der Waals surface area (Å²) < 4.78 is 37.9. The maximum absolute atomic E-state index is 12.6. The van der Waals surface area contributed by atoms with Gasteiger partial charge in [0.25, 0.3) is 0 Å².